The highest BCUT2D eigenvalue weighted by atomic mass is 35.5. The fourth-order valence-electron chi connectivity index (χ4n) is 4.08. The maximum absolute atomic E-state index is 13.9. The van der Waals surface area contributed by atoms with Gasteiger partial charge in [0.25, 0.3) is 5.91 Å². The van der Waals surface area contributed by atoms with Crippen LogP contribution in [0, 0.1) is 0 Å². The molecule has 1 saturated heterocycles. The molecule has 0 spiro atoms. The first kappa shape index (κ1) is 21.6. The zero-order valence-corrected chi connectivity index (χ0v) is 17.8. The molecule has 11 heteroatoms. The number of nitrogens with zero attached hydrogens (tertiary/aromatic N) is 3. The first-order valence-electron chi connectivity index (χ1n) is 9.87. The van der Waals surface area contributed by atoms with Crippen molar-refractivity contribution in [3.8, 4) is 11.5 Å². The van der Waals surface area contributed by atoms with Crippen LogP contribution in [0.25, 0.3) is 0 Å². The number of methoxy groups -OCH3 is 2. The Morgan fingerprint density at radius 2 is 1.87 bits per heavy atom. The van der Waals surface area contributed by atoms with Gasteiger partial charge in [-0.2, -0.15) is 18.3 Å². The predicted molar refractivity (Wildman–Crippen MR) is 108 cm³/mol. The van der Waals surface area contributed by atoms with E-state index in [-0.39, 0.29) is 23.0 Å². The second-order valence-corrected chi connectivity index (χ2v) is 7.94. The molecule has 1 fully saturated rings. The molecule has 1 aromatic heterocycles. The second-order valence-electron chi connectivity index (χ2n) is 7.56. The highest BCUT2D eigenvalue weighted by Crippen LogP contribution is 2.47. The third kappa shape index (κ3) is 3.88. The van der Waals surface area contributed by atoms with E-state index in [4.69, 9.17) is 21.1 Å². The molecule has 0 bridgehead atoms. The van der Waals surface area contributed by atoms with E-state index in [0.29, 0.717) is 30.2 Å². The Labute approximate surface area is 182 Å². The number of benzene rings is 1. The van der Waals surface area contributed by atoms with Gasteiger partial charge in [0.05, 0.1) is 20.3 Å². The molecule has 2 aliphatic rings. The van der Waals surface area contributed by atoms with Crippen LogP contribution < -0.4 is 14.8 Å². The van der Waals surface area contributed by atoms with E-state index in [2.05, 4.69) is 10.4 Å². The van der Waals surface area contributed by atoms with E-state index in [1.165, 1.54) is 14.2 Å². The van der Waals surface area contributed by atoms with Crippen LogP contribution in [0.15, 0.2) is 18.2 Å². The van der Waals surface area contributed by atoms with Crippen LogP contribution in [0.2, 0.25) is 5.02 Å². The standard InChI is InChI=1S/C20H22ClF3N4O3/c1-30-13-6-5-11(9-14(13)31-2)12-10-15(20(22,23)24)28-18(25-12)16(21)17(26-28)19(29)27-7-3-4-8-27/h5-6,9,12,15,25H,3-4,7-8,10H2,1-2H3/t12-,15+/m1/s1. The molecule has 2 atom stereocenters. The molecule has 0 radical (unpaired) electrons. The minimum atomic E-state index is -4.57. The number of hydrogen-bond acceptors (Lipinski definition) is 5. The van der Waals surface area contributed by atoms with Gasteiger partial charge in [0, 0.05) is 19.5 Å². The number of aromatic nitrogens is 2. The number of hydrogen-bond donors (Lipinski definition) is 1. The number of halogens is 4. The molecule has 1 aromatic carbocycles. The molecule has 1 amide bonds. The second kappa shape index (κ2) is 8.14. The lowest BCUT2D eigenvalue weighted by Gasteiger charge is -2.33. The van der Waals surface area contributed by atoms with Crippen molar-refractivity contribution in [2.75, 3.05) is 32.6 Å². The van der Waals surface area contributed by atoms with E-state index in [9.17, 15) is 18.0 Å². The lowest BCUT2D eigenvalue weighted by Crippen LogP contribution is -2.36. The van der Waals surface area contributed by atoms with E-state index in [1.807, 2.05) is 0 Å². The van der Waals surface area contributed by atoms with E-state index >= 15 is 0 Å². The quantitative estimate of drug-likeness (QED) is 0.733. The fraction of sp³-hybridized carbons (Fsp3) is 0.500. The summed E-state index contributed by atoms with van der Waals surface area (Å²) in [6, 6.07) is 2.28. The maximum atomic E-state index is 13.9. The zero-order valence-electron chi connectivity index (χ0n) is 17.0. The molecule has 1 N–H and O–H groups in total. The van der Waals surface area contributed by atoms with E-state index in [0.717, 1.165) is 17.5 Å². The number of ether oxygens (including phenoxy) is 2. The average molecular weight is 459 g/mol. The summed E-state index contributed by atoms with van der Waals surface area (Å²) in [5.41, 5.74) is 0.413. The molecular formula is C20H22ClF3N4O3. The summed E-state index contributed by atoms with van der Waals surface area (Å²) in [5.74, 6) is 0.406. The first-order valence-corrected chi connectivity index (χ1v) is 10.2. The van der Waals surface area contributed by atoms with Gasteiger partial charge in [-0.25, -0.2) is 4.68 Å². The Balaban J connectivity index is 1.73. The number of likely N-dealkylation sites (tertiary alicyclic amines) is 1. The van der Waals surface area contributed by atoms with Gasteiger partial charge in [-0.3, -0.25) is 4.79 Å². The minimum absolute atomic E-state index is 0.0161. The van der Waals surface area contributed by atoms with Gasteiger partial charge < -0.3 is 19.7 Å². The number of carbonyl (C=O) groups is 1. The van der Waals surface area contributed by atoms with Crippen LogP contribution in [-0.2, 0) is 0 Å². The van der Waals surface area contributed by atoms with Crippen molar-refractivity contribution in [2.24, 2.45) is 0 Å². The smallest absolute Gasteiger partial charge is 0.410 e. The molecule has 2 aromatic rings. The van der Waals surface area contributed by atoms with Gasteiger partial charge in [0.15, 0.2) is 23.2 Å². The summed E-state index contributed by atoms with van der Waals surface area (Å²) in [7, 11) is 2.93. The summed E-state index contributed by atoms with van der Waals surface area (Å²) in [6.07, 6.45) is -3.19. The predicted octanol–water partition coefficient (Wildman–Crippen LogP) is 4.45. The average Bonchev–Trinajstić information content (AvgIpc) is 3.40. The van der Waals surface area contributed by atoms with Crippen molar-refractivity contribution in [3.05, 3.63) is 34.5 Å². The summed E-state index contributed by atoms with van der Waals surface area (Å²) < 4.78 is 53.1. The van der Waals surface area contributed by atoms with Crippen molar-refractivity contribution >= 4 is 23.3 Å². The van der Waals surface area contributed by atoms with Crippen LogP contribution in [0.5, 0.6) is 11.5 Å². The van der Waals surface area contributed by atoms with Gasteiger partial charge >= 0.3 is 6.18 Å². The zero-order chi connectivity index (χ0) is 22.3. The number of anilines is 1. The Bertz CT molecular complexity index is 989. The van der Waals surface area contributed by atoms with Crippen molar-refractivity contribution in [1.82, 2.24) is 14.7 Å². The number of alkyl halides is 3. The number of carbonyl (C=O) groups excluding carboxylic acids is 1. The molecule has 0 unspecified atom stereocenters. The minimum Gasteiger partial charge on any atom is -0.493 e. The number of fused-ring (bicyclic) bond motifs is 1. The normalized spacial score (nSPS) is 20.9. The first-order chi connectivity index (χ1) is 14.7. The van der Waals surface area contributed by atoms with Gasteiger partial charge in [-0.15, -0.1) is 0 Å². The molecule has 0 aliphatic carbocycles. The Hall–Kier alpha value is -2.62. The topological polar surface area (TPSA) is 68.6 Å². The number of amides is 1. The highest BCUT2D eigenvalue weighted by molar-refractivity contribution is 6.36. The summed E-state index contributed by atoms with van der Waals surface area (Å²) in [5, 5.41) is 6.94. The fourth-order valence-corrected chi connectivity index (χ4v) is 4.34. The number of rotatable bonds is 4. The third-order valence-corrected chi connectivity index (χ3v) is 6.06. The molecule has 4 rings (SSSR count). The molecule has 3 heterocycles. The number of nitrogens with one attached hydrogen (secondary N) is 1. The summed E-state index contributed by atoms with van der Waals surface area (Å²) >= 11 is 6.38. The van der Waals surface area contributed by atoms with Gasteiger partial charge in [0.1, 0.15) is 10.8 Å². The Morgan fingerprint density at radius 3 is 2.48 bits per heavy atom. The van der Waals surface area contributed by atoms with Gasteiger partial charge in [-0.1, -0.05) is 17.7 Å². The van der Waals surface area contributed by atoms with Crippen LogP contribution in [0.4, 0.5) is 19.0 Å². The molecule has 0 saturated carbocycles. The molecular weight excluding hydrogens is 437 g/mol. The SMILES string of the molecule is COc1ccc([C@H]2C[C@@H](C(F)(F)F)n3nc(C(=O)N4CCCC4)c(Cl)c3N2)cc1OC. The Kier molecular flexibility index (Phi) is 5.67. The third-order valence-electron chi connectivity index (χ3n) is 5.70. The highest BCUT2D eigenvalue weighted by Gasteiger charge is 2.48. The summed E-state index contributed by atoms with van der Waals surface area (Å²) in [6.45, 7) is 1.09. The molecule has 31 heavy (non-hydrogen) atoms. The van der Waals surface area contributed by atoms with E-state index in [1.54, 1.807) is 23.1 Å². The Morgan fingerprint density at radius 1 is 1.19 bits per heavy atom. The lowest BCUT2D eigenvalue weighted by atomic mass is 9.96. The maximum Gasteiger partial charge on any atom is 0.410 e. The largest absolute Gasteiger partial charge is 0.493 e. The van der Waals surface area contributed by atoms with Crippen molar-refractivity contribution in [3.63, 3.8) is 0 Å². The van der Waals surface area contributed by atoms with Crippen LogP contribution in [0.1, 0.15) is 47.4 Å². The molecule has 2 aliphatic heterocycles. The monoisotopic (exact) mass is 458 g/mol. The van der Waals surface area contributed by atoms with E-state index < -0.39 is 24.2 Å². The van der Waals surface area contributed by atoms with Crippen molar-refractivity contribution in [1.29, 1.82) is 0 Å². The summed E-state index contributed by atoms with van der Waals surface area (Å²) in [4.78, 5) is 14.3. The lowest BCUT2D eigenvalue weighted by molar-refractivity contribution is -0.173. The van der Waals surface area contributed by atoms with Crippen LogP contribution in [0.3, 0.4) is 0 Å². The molecule has 168 valence electrons. The van der Waals surface area contributed by atoms with Crippen LogP contribution in [-0.4, -0.2) is 54.1 Å². The van der Waals surface area contributed by atoms with Crippen molar-refractivity contribution < 1.29 is 27.4 Å². The van der Waals surface area contributed by atoms with Gasteiger partial charge in [0.2, 0.25) is 0 Å². The molecule has 7 nitrogen and oxygen atoms in total. The van der Waals surface area contributed by atoms with Crippen molar-refractivity contribution in [2.45, 2.75) is 37.5 Å². The van der Waals surface area contributed by atoms with Crippen LogP contribution >= 0.6 is 11.6 Å². The van der Waals surface area contributed by atoms with Gasteiger partial charge in [-0.05, 0) is 30.5 Å².